The molecule has 1 aromatic rings. The molecule has 0 aromatic heterocycles. The Morgan fingerprint density at radius 2 is 1.61 bits per heavy atom. The van der Waals surface area contributed by atoms with Crippen LogP contribution in [0, 0.1) is 17.6 Å². The van der Waals surface area contributed by atoms with E-state index in [2.05, 4.69) is 16.0 Å². The maximum absolute atomic E-state index is 13.8. The van der Waals surface area contributed by atoms with Crippen LogP contribution in [0.25, 0.3) is 0 Å². The third-order valence-electron chi connectivity index (χ3n) is 7.07. The Hall–Kier alpha value is -2.11. The summed E-state index contributed by atoms with van der Waals surface area (Å²) < 4.78 is 54.2. The van der Waals surface area contributed by atoms with Crippen molar-refractivity contribution in [1.29, 1.82) is 0 Å². The lowest BCUT2D eigenvalue weighted by atomic mass is 10.00. The zero-order chi connectivity index (χ0) is 27.9. The van der Waals surface area contributed by atoms with E-state index in [0.717, 1.165) is 31.0 Å². The highest BCUT2D eigenvalue weighted by Crippen LogP contribution is 2.29. The third kappa shape index (κ3) is 9.57. The zero-order valence-corrected chi connectivity index (χ0v) is 23.0. The highest BCUT2D eigenvalue weighted by atomic mass is 32.2. The second-order valence-electron chi connectivity index (χ2n) is 10.7. The molecule has 11 heteroatoms. The van der Waals surface area contributed by atoms with Crippen LogP contribution >= 0.6 is 0 Å². The monoisotopic (exact) mass is 557 g/mol. The molecular weight excluding hydrogens is 516 g/mol. The highest BCUT2D eigenvalue weighted by Gasteiger charge is 2.37. The minimum Gasteiger partial charge on any atom is -0.390 e. The molecule has 2 aliphatic carbocycles. The molecule has 0 spiro atoms. The van der Waals surface area contributed by atoms with Gasteiger partial charge in [-0.25, -0.2) is 17.2 Å². The highest BCUT2D eigenvalue weighted by molar-refractivity contribution is 7.92. The van der Waals surface area contributed by atoms with Crippen LogP contribution in [0.5, 0.6) is 0 Å². The maximum Gasteiger partial charge on any atom is 0.243 e. The van der Waals surface area contributed by atoms with Gasteiger partial charge in [0.2, 0.25) is 11.8 Å². The van der Waals surface area contributed by atoms with Crippen molar-refractivity contribution in [3.8, 4) is 0 Å². The molecule has 38 heavy (non-hydrogen) atoms. The van der Waals surface area contributed by atoms with Gasteiger partial charge in [0, 0.05) is 24.6 Å². The van der Waals surface area contributed by atoms with Crippen molar-refractivity contribution < 1.29 is 31.9 Å². The first-order valence-corrected chi connectivity index (χ1v) is 15.4. The predicted molar refractivity (Wildman–Crippen MR) is 141 cm³/mol. The number of aliphatic hydroxyl groups excluding tert-OH is 1. The lowest BCUT2D eigenvalue weighted by Crippen LogP contribution is -2.57. The van der Waals surface area contributed by atoms with Gasteiger partial charge in [0.05, 0.1) is 23.1 Å². The van der Waals surface area contributed by atoms with Crippen molar-refractivity contribution >= 4 is 21.7 Å². The maximum atomic E-state index is 13.8. The Morgan fingerprint density at radius 1 is 1.00 bits per heavy atom. The molecule has 0 aliphatic heterocycles. The van der Waals surface area contributed by atoms with Gasteiger partial charge in [-0.05, 0) is 62.6 Å². The fourth-order valence-electron chi connectivity index (χ4n) is 4.60. The first-order valence-electron chi connectivity index (χ1n) is 13.7. The molecule has 1 aromatic carbocycles. The Bertz CT molecular complexity index is 1040. The van der Waals surface area contributed by atoms with E-state index in [1.54, 1.807) is 0 Å². The summed E-state index contributed by atoms with van der Waals surface area (Å²) in [7, 11) is -3.73. The SMILES string of the molecule is CCCC(CCC)S(=O)(=O)C[C@@H](NC(=O)C1CC1)C(=O)N[C@@H](Cc1cc(F)cc(F)c1)[C@H](O)CNC1CC1. The van der Waals surface area contributed by atoms with Gasteiger partial charge in [-0.1, -0.05) is 26.7 Å². The molecule has 2 fully saturated rings. The summed E-state index contributed by atoms with van der Waals surface area (Å²) in [6, 6.07) is 0.942. The van der Waals surface area contributed by atoms with E-state index in [9.17, 15) is 31.9 Å². The standard InChI is InChI=1S/C27H41F2N3O5S/c1-3-5-22(6-4-2)38(36,37)16-24(32-26(34)18-7-8-18)27(35)31-23(25(33)15-30-21-9-10-21)13-17-11-19(28)14-20(29)12-17/h11-12,14,18,21-25,30,33H,3-10,13,15-16H2,1-2H3,(H,31,35)(H,32,34)/t23-,24+,25+/m0/s1. The number of rotatable bonds is 17. The van der Waals surface area contributed by atoms with Gasteiger partial charge in [-0.2, -0.15) is 0 Å². The van der Waals surface area contributed by atoms with Crippen molar-refractivity contribution in [3.63, 3.8) is 0 Å². The van der Waals surface area contributed by atoms with Gasteiger partial charge < -0.3 is 21.1 Å². The number of amides is 2. The van der Waals surface area contributed by atoms with E-state index >= 15 is 0 Å². The smallest absolute Gasteiger partial charge is 0.243 e. The molecule has 0 radical (unpaired) electrons. The second-order valence-corrected chi connectivity index (χ2v) is 13.0. The molecule has 3 atom stereocenters. The quantitative estimate of drug-likeness (QED) is 0.233. The topological polar surface area (TPSA) is 125 Å². The van der Waals surface area contributed by atoms with Crippen LogP contribution in [0.15, 0.2) is 18.2 Å². The first-order chi connectivity index (χ1) is 18.0. The Balaban J connectivity index is 1.80. The molecule has 214 valence electrons. The molecule has 2 aliphatic rings. The van der Waals surface area contributed by atoms with Crippen LogP contribution < -0.4 is 16.0 Å². The van der Waals surface area contributed by atoms with Crippen LogP contribution in [-0.4, -0.2) is 67.1 Å². The van der Waals surface area contributed by atoms with Gasteiger partial charge in [-0.3, -0.25) is 9.59 Å². The summed E-state index contributed by atoms with van der Waals surface area (Å²) in [5.41, 5.74) is 0.232. The van der Waals surface area contributed by atoms with E-state index in [1.165, 1.54) is 0 Å². The number of sulfone groups is 1. The van der Waals surface area contributed by atoms with Crippen molar-refractivity contribution in [1.82, 2.24) is 16.0 Å². The first kappa shape index (κ1) is 30.4. The normalized spacial score (nSPS) is 18.2. The van der Waals surface area contributed by atoms with Gasteiger partial charge in [0.1, 0.15) is 17.7 Å². The zero-order valence-electron chi connectivity index (χ0n) is 22.2. The molecule has 8 nitrogen and oxygen atoms in total. The van der Waals surface area contributed by atoms with Crippen LogP contribution in [0.2, 0.25) is 0 Å². The van der Waals surface area contributed by atoms with Crippen LogP contribution in [0.4, 0.5) is 8.78 Å². The Morgan fingerprint density at radius 3 is 2.13 bits per heavy atom. The van der Waals surface area contributed by atoms with E-state index in [-0.39, 0.29) is 36.4 Å². The minimum atomic E-state index is -3.73. The van der Waals surface area contributed by atoms with E-state index < -0.39 is 56.6 Å². The van der Waals surface area contributed by atoms with Gasteiger partial charge in [0.25, 0.3) is 0 Å². The number of carbonyl (C=O) groups excluding carboxylic acids is 2. The van der Waals surface area contributed by atoms with Crippen LogP contribution in [-0.2, 0) is 25.8 Å². The fourth-order valence-corrected chi connectivity index (χ4v) is 6.76. The largest absolute Gasteiger partial charge is 0.390 e. The van der Waals surface area contributed by atoms with Crippen LogP contribution in [0.1, 0.15) is 70.8 Å². The number of aliphatic hydroxyl groups is 1. The molecule has 0 unspecified atom stereocenters. The van der Waals surface area contributed by atoms with E-state index in [1.807, 2.05) is 13.8 Å². The molecular formula is C27H41F2N3O5S. The third-order valence-corrected chi connectivity index (χ3v) is 9.36. The number of hydrogen-bond donors (Lipinski definition) is 4. The van der Waals surface area contributed by atoms with E-state index in [0.29, 0.717) is 38.5 Å². The number of benzene rings is 1. The molecule has 0 bridgehead atoms. The molecule has 2 saturated carbocycles. The summed E-state index contributed by atoms with van der Waals surface area (Å²) in [6.45, 7) is 3.93. The number of nitrogens with one attached hydrogen (secondary N) is 3. The van der Waals surface area contributed by atoms with Crippen molar-refractivity contribution in [3.05, 3.63) is 35.4 Å². The average Bonchev–Trinajstić information content (AvgIpc) is 3.74. The lowest BCUT2D eigenvalue weighted by Gasteiger charge is -2.28. The molecule has 4 N–H and O–H groups in total. The average molecular weight is 558 g/mol. The second kappa shape index (κ2) is 13.8. The lowest BCUT2D eigenvalue weighted by molar-refractivity contribution is -0.129. The molecule has 2 amide bonds. The minimum absolute atomic E-state index is 0.0851. The van der Waals surface area contributed by atoms with Gasteiger partial charge in [0.15, 0.2) is 9.84 Å². The van der Waals surface area contributed by atoms with Crippen LogP contribution in [0.3, 0.4) is 0 Å². The summed E-state index contributed by atoms with van der Waals surface area (Å²) >= 11 is 0. The fraction of sp³-hybridized carbons (Fsp3) is 0.704. The summed E-state index contributed by atoms with van der Waals surface area (Å²) in [4.78, 5) is 26.0. The summed E-state index contributed by atoms with van der Waals surface area (Å²) in [6.07, 6.45) is 4.37. The molecule has 0 saturated heterocycles. The molecule has 3 rings (SSSR count). The van der Waals surface area contributed by atoms with Crippen molar-refractivity contribution in [2.24, 2.45) is 5.92 Å². The number of hydrogen-bond acceptors (Lipinski definition) is 6. The Kier molecular flexibility index (Phi) is 11.1. The predicted octanol–water partition coefficient (Wildman–Crippen LogP) is 2.38. The van der Waals surface area contributed by atoms with Gasteiger partial charge >= 0.3 is 0 Å². The van der Waals surface area contributed by atoms with E-state index in [4.69, 9.17) is 0 Å². The Labute approximate surface area is 224 Å². The van der Waals surface area contributed by atoms with Gasteiger partial charge in [-0.15, -0.1) is 0 Å². The van der Waals surface area contributed by atoms with Crippen molar-refractivity contribution in [2.45, 2.75) is 101 Å². The van der Waals surface area contributed by atoms with Crippen molar-refractivity contribution in [2.75, 3.05) is 12.3 Å². The summed E-state index contributed by atoms with van der Waals surface area (Å²) in [5, 5.41) is 18.7. The number of carbonyl (C=O) groups is 2. The summed E-state index contributed by atoms with van der Waals surface area (Å²) in [5.74, 6) is -3.48. The molecule has 0 heterocycles. The number of halogens is 2.